The highest BCUT2D eigenvalue weighted by atomic mass is 16.4. The Balaban J connectivity index is 2.11. The van der Waals surface area contributed by atoms with Gasteiger partial charge in [0.1, 0.15) is 6.04 Å². The first-order chi connectivity index (χ1) is 8.61. The predicted molar refractivity (Wildman–Crippen MR) is 67.3 cm³/mol. The highest BCUT2D eigenvalue weighted by Crippen LogP contribution is 2.25. The molecule has 0 aromatic carbocycles. The maximum absolute atomic E-state index is 12.4. The van der Waals surface area contributed by atoms with E-state index in [0.717, 1.165) is 19.3 Å². The summed E-state index contributed by atoms with van der Waals surface area (Å²) in [5.41, 5.74) is 0. The van der Waals surface area contributed by atoms with E-state index in [2.05, 4.69) is 6.08 Å². The summed E-state index contributed by atoms with van der Waals surface area (Å²) in [6, 6.07) is -0.796. The molecule has 1 N–H and O–H groups in total. The minimum absolute atomic E-state index is 0.0283. The van der Waals surface area contributed by atoms with Gasteiger partial charge in [0.15, 0.2) is 0 Å². The lowest BCUT2D eigenvalue weighted by Crippen LogP contribution is -2.56. The minimum Gasteiger partial charge on any atom is -0.480 e. The monoisotopic (exact) mass is 252 g/mol. The molecule has 2 aliphatic heterocycles. The first-order valence-electron chi connectivity index (χ1n) is 6.54. The number of carboxylic acids is 1. The molecule has 1 fully saturated rings. The van der Waals surface area contributed by atoms with E-state index in [9.17, 15) is 14.7 Å². The van der Waals surface area contributed by atoms with Crippen molar-refractivity contribution in [1.29, 1.82) is 0 Å². The minimum atomic E-state index is -0.886. The standard InChI is InChI=1S/C13H20N2O3/c1-10-6-5-9-15(11(10)12(16)17)13(18)14-7-3-2-4-8-14/h2-3,10-11H,4-9H2,1H3,(H,16,17). The van der Waals surface area contributed by atoms with Crippen molar-refractivity contribution >= 4 is 12.0 Å². The van der Waals surface area contributed by atoms with E-state index in [1.54, 1.807) is 4.90 Å². The fraction of sp³-hybridized carbons (Fsp3) is 0.692. The number of piperidine rings is 1. The van der Waals surface area contributed by atoms with Crippen LogP contribution >= 0.6 is 0 Å². The molecule has 5 heteroatoms. The topological polar surface area (TPSA) is 60.9 Å². The van der Waals surface area contributed by atoms with E-state index in [-0.39, 0.29) is 11.9 Å². The fourth-order valence-electron chi connectivity index (χ4n) is 2.78. The number of nitrogens with zero attached hydrogens (tertiary/aromatic N) is 2. The highest BCUT2D eigenvalue weighted by molar-refractivity contribution is 5.83. The van der Waals surface area contributed by atoms with Crippen LogP contribution in [0.25, 0.3) is 0 Å². The van der Waals surface area contributed by atoms with Gasteiger partial charge in [0.25, 0.3) is 0 Å². The van der Waals surface area contributed by atoms with Gasteiger partial charge in [-0.1, -0.05) is 19.1 Å². The third-order valence-corrected chi connectivity index (χ3v) is 3.76. The summed E-state index contributed by atoms with van der Waals surface area (Å²) in [6.45, 7) is 3.75. The molecule has 0 saturated carbocycles. The van der Waals surface area contributed by atoms with Gasteiger partial charge in [-0.25, -0.2) is 9.59 Å². The average molecular weight is 252 g/mol. The molecule has 0 aromatic heterocycles. The zero-order valence-corrected chi connectivity index (χ0v) is 10.7. The van der Waals surface area contributed by atoms with Crippen LogP contribution in [0, 0.1) is 5.92 Å². The zero-order valence-electron chi connectivity index (χ0n) is 10.7. The molecule has 2 atom stereocenters. The molecule has 2 unspecified atom stereocenters. The molecular weight excluding hydrogens is 232 g/mol. The van der Waals surface area contributed by atoms with E-state index in [0.29, 0.717) is 19.6 Å². The Bertz CT molecular complexity index is 367. The number of hydrogen-bond acceptors (Lipinski definition) is 2. The van der Waals surface area contributed by atoms with E-state index < -0.39 is 12.0 Å². The molecule has 0 radical (unpaired) electrons. The Hall–Kier alpha value is -1.52. The van der Waals surface area contributed by atoms with Crippen molar-refractivity contribution < 1.29 is 14.7 Å². The van der Waals surface area contributed by atoms with Crippen LogP contribution in [0.2, 0.25) is 0 Å². The average Bonchev–Trinajstić information content (AvgIpc) is 2.38. The summed E-state index contributed by atoms with van der Waals surface area (Å²) in [6.07, 6.45) is 6.63. The second-order valence-corrected chi connectivity index (χ2v) is 5.08. The molecule has 2 aliphatic rings. The molecule has 0 aliphatic carbocycles. The molecule has 2 heterocycles. The summed E-state index contributed by atoms with van der Waals surface area (Å²) >= 11 is 0. The quantitative estimate of drug-likeness (QED) is 0.720. The largest absolute Gasteiger partial charge is 0.480 e. The molecule has 1 saturated heterocycles. The molecule has 0 bridgehead atoms. The summed E-state index contributed by atoms with van der Waals surface area (Å²) in [7, 11) is 0. The van der Waals surface area contributed by atoms with Crippen molar-refractivity contribution in [3.63, 3.8) is 0 Å². The Kier molecular flexibility index (Phi) is 3.89. The first kappa shape index (κ1) is 12.9. The zero-order chi connectivity index (χ0) is 13.1. The summed E-state index contributed by atoms with van der Waals surface area (Å²) < 4.78 is 0. The van der Waals surface area contributed by atoms with Crippen molar-refractivity contribution in [3.05, 3.63) is 12.2 Å². The first-order valence-corrected chi connectivity index (χ1v) is 6.54. The highest BCUT2D eigenvalue weighted by Gasteiger charge is 2.38. The summed E-state index contributed by atoms with van der Waals surface area (Å²) in [5.74, 6) is -0.858. The van der Waals surface area contributed by atoms with Crippen LogP contribution in [0.5, 0.6) is 0 Å². The molecular formula is C13H20N2O3. The molecule has 5 nitrogen and oxygen atoms in total. The van der Waals surface area contributed by atoms with Gasteiger partial charge in [-0.05, 0) is 25.2 Å². The lowest BCUT2D eigenvalue weighted by molar-refractivity contribution is -0.145. The van der Waals surface area contributed by atoms with Crippen LogP contribution in [-0.4, -0.2) is 52.6 Å². The second-order valence-electron chi connectivity index (χ2n) is 5.08. The molecule has 18 heavy (non-hydrogen) atoms. The number of urea groups is 1. The number of hydrogen-bond donors (Lipinski definition) is 1. The smallest absolute Gasteiger partial charge is 0.326 e. The number of likely N-dealkylation sites (tertiary alicyclic amines) is 1. The molecule has 0 aromatic rings. The normalized spacial score (nSPS) is 28.3. The lowest BCUT2D eigenvalue weighted by atomic mass is 9.91. The van der Waals surface area contributed by atoms with E-state index in [1.807, 2.05) is 13.0 Å². The summed E-state index contributed by atoms with van der Waals surface area (Å²) in [5, 5.41) is 9.30. The van der Waals surface area contributed by atoms with Gasteiger partial charge in [0, 0.05) is 19.6 Å². The van der Waals surface area contributed by atoms with Crippen LogP contribution in [0.4, 0.5) is 4.79 Å². The predicted octanol–water partition coefficient (Wildman–Crippen LogP) is 1.55. The number of amides is 2. The Morgan fingerprint density at radius 2 is 2.06 bits per heavy atom. The number of rotatable bonds is 1. The maximum Gasteiger partial charge on any atom is 0.326 e. The number of carbonyl (C=O) groups is 2. The van der Waals surface area contributed by atoms with Crippen LogP contribution in [0.15, 0.2) is 12.2 Å². The van der Waals surface area contributed by atoms with Crippen molar-refractivity contribution in [3.8, 4) is 0 Å². The van der Waals surface area contributed by atoms with Gasteiger partial charge in [-0.15, -0.1) is 0 Å². The van der Waals surface area contributed by atoms with E-state index >= 15 is 0 Å². The van der Waals surface area contributed by atoms with Crippen molar-refractivity contribution in [2.24, 2.45) is 5.92 Å². The molecule has 100 valence electrons. The SMILES string of the molecule is CC1CCCN(C(=O)N2CC=CCC2)C1C(=O)O. The lowest BCUT2D eigenvalue weighted by Gasteiger charge is -2.40. The van der Waals surface area contributed by atoms with Crippen molar-refractivity contribution in [1.82, 2.24) is 9.80 Å². The number of aliphatic carboxylic acids is 1. The van der Waals surface area contributed by atoms with Crippen LogP contribution < -0.4 is 0 Å². The van der Waals surface area contributed by atoms with Crippen LogP contribution in [-0.2, 0) is 4.79 Å². The van der Waals surface area contributed by atoms with E-state index in [4.69, 9.17) is 0 Å². The third-order valence-electron chi connectivity index (χ3n) is 3.76. The Labute approximate surface area is 107 Å². The van der Waals surface area contributed by atoms with Crippen molar-refractivity contribution in [2.75, 3.05) is 19.6 Å². The Morgan fingerprint density at radius 3 is 2.67 bits per heavy atom. The van der Waals surface area contributed by atoms with Gasteiger partial charge < -0.3 is 14.9 Å². The van der Waals surface area contributed by atoms with Crippen molar-refractivity contribution in [2.45, 2.75) is 32.2 Å². The van der Waals surface area contributed by atoms with Gasteiger partial charge in [0.05, 0.1) is 0 Å². The van der Waals surface area contributed by atoms with Gasteiger partial charge in [0.2, 0.25) is 0 Å². The van der Waals surface area contributed by atoms with E-state index in [1.165, 1.54) is 4.90 Å². The Morgan fingerprint density at radius 1 is 1.28 bits per heavy atom. The molecule has 2 rings (SSSR count). The maximum atomic E-state index is 12.4. The third kappa shape index (κ3) is 2.49. The number of carbonyl (C=O) groups excluding carboxylic acids is 1. The van der Waals surface area contributed by atoms with Gasteiger partial charge in [-0.2, -0.15) is 0 Å². The van der Waals surface area contributed by atoms with Crippen LogP contribution in [0.3, 0.4) is 0 Å². The second kappa shape index (κ2) is 5.42. The summed E-state index contributed by atoms with van der Waals surface area (Å²) in [4.78, 5) is 27.0. The van der Waals surface area contributed by atoms with Gasteiger partial charge in [-0.3, -0.25) is 0 Å². The fourth-order valence-corrected chi connectivity index (χ4v) is 2.78. The van der Waals surface area contributed by atoms with Crippen LogP contribution in [0.1, 0.15) is 26.2 Å². The van der Waals surface area contributed by atoms with Gasteiger partial charge >= 0.3 is 12.0 Å². The molecule has 2 amide bonds. The number of carboxylic acid groups (broad SMARTS) is 1. The molecule has 0 spiro atoms.